The molecule has 1 aliphatic rings. The van der Waals surface area contributed by atoms with E-state index < -0.39 is 0 Å². The number of likely N-dealkylation sites (N-methyl/N-ethyl adjacent to an activating group) is 1. The van der Waals surface area contributed by atoms with Crippen LogP contribution >= 0.6 is 0 Å². The molecule has 0 aliphatic carbocycles. The van der Waals surface area contributed by atoms with Gasteiger partial charge in [0, 0.05) is 18.5 Å². The van der Waals surface area contributed by atoms with Gasteiger partial charge in [-0.2, -0.15) is 0 Å². The Balaban J connectivity index is 0.00000106. The summed E-state index contributed by atoms with van der Waals surface area (Å²) in [4.78, 5) is 35.7. The molecule has 0 radical (unpaired) electrons. The minimum Gasteiger partial charge on any atom is -0.298 e. The van der Waals surface area contributed by atoms with E-state index in [1.54, 1.807) is 12.1 Å². The predicted octanol–water partition coefficient (Wildman–Crippen LogP) is 1.76. The largest absolute Gasteiger partial charge is 0.298 e. The summed E-state index contributed by atoms with van der Waals surface area (Å²) in [6.45, 7) is 4.50. The van der Waals surface area contributed by atoms with E-state index >= 15 is 0 Å². The van der Waals surface area contributed by atoms with Gasteiger partial charge < -0.3 is 0 Å². The summed E-state index contributed by atoms with van der Waals surface area (Å²) in [6.07, 6.45) is 1.69. The Bertz CT molecular complexity index is 514. The monoisotopic (exact) mass is 290 g/mol. The van der Waals surface area contributed by atoms with Gasteiger partial charge in [0.25, 0.3) is 0 Å². The fourth-order valence-electron chi connectivity index (χ4n) is 2.27. The average Bonchev–Trinajstić information content (AvgIpc) is 2.49. The minimum atomic E-state index is -0.322. The molecule has 114 valence electrons. The first-order valence-electron chi connectivity index (χ1n) is 7.19. The SMILES string of the molecule is CC.CN(Cc1ccccc1C=O)C1CCC(=O)NC1=O. The molecule has 5 heteroatoms. The van der Waals surface area contributed by atoms with Crippen molar-refractivity contribution in [3.8, 4) is 0 Å². The molecule has 1 atom stereocenters. The molecule has 2 amide bonds. The first-order chi connectivity index (χ1) is 10.1. The standard InChI is InChI=1S/C14H16N2O3.C2H6/c1-16(12-6-7-13(18)15-14(12)19)8-10-4-2-3-5-11(10)9-17;1-2/h2-5,9,12H,6-8H2,1H3,(H,15,18,19);1-2H3. The minimum absolute atomic E-state index is 0.219. The number of amides is 2. The zero-order valence-corrected chi connectivity index (χ0v) is 12.8. The third-order valence-electron chi connectivity index (χ3n) is 3.34. The van der Waals surface area contributed by atoms with Gasteiger partial charge in [-0.15, -0.1) is 0 Å². The first kappa shape index (κ1) is 17.0. The van der Waals surface area contributed by atoms with Crippen LogP contribution in [0.15, 0.2) is 24.3 Å². The van der Waals surface area contributed by atoms with Crippen LogP contribution in [-0.4, -0.2) is 36.1 Å². The normalized spacial score (nSPS) is 17.8. The number of rotatable bonds is 4. The molecule has 0 spiro atoms. The maximum Gasteiger partial charge on any atom is 0.243 e. The maximum atomic E-state index is 11.7. The summed E-state index contributed by atoms with van der Waals surface area (Å²) in [7, 11) is 1.82. The van der Waals surface area contributed by atoms with Gasteiger partial charge in [0.05, 0.1) is 6.04 Å². The van der Waals surface area contributed by atoms with Crippen molar-refractivity contribution in [1.29, 1.82) is 0 Å². The van der Waals surface area contributed by atoms with Crippen molar-refractivity contribution in [2.45, 2.75) is 39.3 Å². The zero-order valence-electron chi connectivity index (χ0n) is 12.8. The Kier molecular flexibility index (Phi) is 6.75. The Morgan fingerprint density at radius 2 is 1.95 bits per heavy atom. The van der Waals surface area contributed by atoms with Crippen molar-refractivity contribution < 1.29 is 14.4 Å². The van der Waals surface area contributed by atoms with E-state index in [2.05, 4.69) is 5.32 Å². The number of piperidine rings is 1. The van der Waals surface area contributed by atoms with Crippen LogP contribution < -0.4 is 5.32 Å². The van der Waals surface area contributed by atoms with E-state index in [-0.39, 0.29) is 17.9 Å². The third kappa shape index (κ3) is 4.49. The highest BCUT2D eigenvalue weighted by Crippen LogP contribution is 2.15. The number of nitrogens with one attached hydrogen (secondary N) is 1. The average molecular weight is 290 g/mol. The fraction of sp³-hybridized carbons (Fsp3) is 0.438. The molecule has 1 aromatic carbocycles. The van der Waals surface area contributed by atoms with Crippen LogP contribution in [-0.2, 0) is 16.1 Å². The quantitative estimate of drug-likeness (QED) is 0.678. The highest BCUT2D eigenvalue weighted by Gasteiger charge is 2.29. The highest BCUT2D eigenvalue weighted by molar-refractivity contribution is 6.00. The number of carbonyl (C=O) groups is 3. The van der Waals surface area contributed by atoms with Crippen molar-refractivity contribution in [1.82, 2.24) is 10.2 Å². The molecule has 5 nitrogen and oxygen atoms in total. The van der Waals surface area contributed by atoms with Crippen LogP contribution in [0.2, 0.25) is 0 Å². The molecule has 1 heterocycles. The van der Waals surface area contributed by atoms with Crippen LogP contribution in [0.4, 0.5) is 0 Å². The van der Waals surface area contributed by atoms with E-state index in [9.17, 15) is 14.4 Å². The van der Waals surface area contributed by atoms with Crippen LogP contribution in [0.3, 0.4) is 0 Å². The van der Waals surface area contributed by atoms with Gasteiger partial charge in [-0.1, -0.05) is 38.1 Å². The van der Waals surface area contributed by atoms with Gasteiger partial charge in [0.1, 0.15) is 6.29 Å². The Hall–Kier alpha value is -2.01. The van der Waals surface area contributed by atoms with Crippen LogP contribution in [0, 0.1) is 0 Å². The number of benzene rings is 1. The fourth-order valence-corrected chi connectivity index (χ4v) is 2.27. The molecule has 1 fully saturated rings. The summed E-state index contributed by atoms with van der Waals surface area (Å²) in [5.41, 5.74) is 1.51. The topological polar surface area (TPSA) is 66.5 Å². The third-order valence-corrected chi connectivity index (χ3v) is 3.34. The summed E-state index contributed by atoms with van der Waals surface area (Å²) < 4.78 is 0. The van der Waals surface area contributed by atoms with Crippen LogP contribution in [0.5, 0.6) is 0 Å². The van der Waals surface area contributed by atoms with Gasteiger partial charge in [-0.05, 0) is 19.0 Å². The van der Waals surface area contributed by atoms with E-state index in [1.807, 2.05) is 37.9 Å². The number of hydrogen-bond acceptors (Lipinski definition) is 4. The number of hydrogen-bond donors (Lipinski definition) is 1. The molecule has 0 saturated carbocycles. The zero-order chi connectivity index (χ0) is 15.8. The second-order valence-electron chi connectivity index (χ2n) is 4.70. The molecule has 0 bridgehead atoms. The predicted molar refractivity (Wildman–Crippen MR) is 80.8 cm³/mol. The van der Waals surface area contributed by atoms with E-state index in [4.69, 9.17) is 0 Å². The Morgan fingerprint density at radius 3 is 2.57 bits per heavy atom. The van der Waals surface area contributed by atoms with Crippen molar-refractivity contribution in [2.75, 3.05) is 7.05 Å². The first-order valence-corrected chi connectivity index (χ1v) is 7.19. The van der Waals surface area contributed by atoms with Crippen molar-refractivity contribution >= 4 is 18.1 Å². The van der Waals surface area contributed by atoms with Crippen LogP contribution in [0.1, 0.15) is 42.6 Å². The molecule has 1 saturated heterocycles. The molecule has 1 aliphatic heterocycles. The lowest BCUT2D eigenvalue weighted by atomic mass is 10.0. The molecule has 0 aromatic heterocycles. The molecule has 21 heavy (non-hydrogen) atoms. The molecular formula is C16H22N2O3. The van der Waals surface area contributed by atoms with Crippen LogP contribution in [0.25, 0.3) is 0 Å². The molecule has 1 N–H and O–H groups in total. The van der Waals surface area contributed by atoms with Crippen molar-refractivity contribution in [2.24, 2.45) is 0 Å². The number of imide groups is 1. The van der Waals surface area contributed by atoms with Gasteiger partial charge in [-0.3, -0.25) is 24.6 Å². The summed E-state index contributed by atoms with van der Waals surface area (Å²) in [6, 6.07) is 6.96. The lowest BCUT2D eigenvalue weighted by Gasteiger charge is -2.29. The van der Waals surface area contributed by atoms with Gasteiger partial charge in [0.2, 0.25) is 11.8 Å². The summed E-state index contributed by atoms with van der Waals surface area (Å²) in [5.74, 6) is -0.481. The Labute approximate surface area is 125 Å². The lowest BCUT2D eigenvalue weighted by Crippen LogP contribution is -2.51. The van der Waals surface area contributed by atoms with Crippen molar-refractivity contribution in [3.05, 3.63) is 35.4 Å². The highest BCUT2D eigenvalue weighted by atomic mass is 16.2. The van der Waals surface area contributed by atoms with E-state index in [0.717, 1.165) is 11.8 Å². The second-order valence-corrected chi connectivity index (χ2v) is 4.70. The second kappa shape index (κ2) is 8.32. The van der Waals surface area contributed by atoms with Gasteiger partial charge in [0.15, 0.2) is 0 Å². The van der Waals surface area contributed by atoms with Gasteiger partial charge >= 0.3 is 0 Å². The molecule has 2 rings (SSSR count). The number of nitrogens with zero attached hydrogens (tertiary/aromatic N) is 1. The molecule has 1 unspecified atom stereocenters. The molecule has 1 aromatic rings. The van der Waals surface area contributed by atoms with E-state index in [0.29, 0.717) is 24.9 Å². The summed E-state index contributed by atoms with van der Waals surface area (Å²) >= 11 is 0. The summed E-state index contributed by atoms with van der Waals surface area (Å²) in [5, 5.41) is 2.34. The maximum absolute atomic E-state index is 11.7. The number of aldehydes is 1. The smallest absolute Gasteiger partial charge is 0.243 e. The lowest BCUT2D eigenvalue weighted by molar-refractivity contribution is -0.137. The van der Waals surface area contributed by atoms with Crippen molar-refractivity contribution in [3.63, 3.8) is 0 Å². The Morgan fingerprint density at radius 1 is 1.29 bits per heavy atom. The van der Waals surface area contributed by atoms with Gasteiger partial charge in [-0.25, -0.2) is 0 Å². The number of carbonyl (C=O) groups excluding carboxylic acids is 3. The molecular weight excluding hydrogens is 268 g/mol. The van der Waals surface area contributed by atoms with E-state index in [1.165, 1.54) is 0 Å².